The maximum Gasteiger partial charge on any atom is 0.253 e. The maximum absolute atomic E-state index is 12.6. The Hall–Kier alpha value is -2.13. The quantitative estimate of drug-likeness (QED) is 0.740. The first kappa shape index (κ1) is 18.7. The van der Waals surface area contributed by atoms with Crippen LogP contribution in [-0.4, -0.2) is 68.9 Å². The van der Waals surface area contributed by atoms with E-state index in [4.69, 9.17) is 4.74 Å². The van der Waals surface area contributed by atoms with Crippen LogP contribution in [0, 0.1) is 0 Å². The Labute approximate surface area is 154 Å². The van der Waals surface area contributed by atoms with Gasteiger partial charge in [0.05, 0.1) is 0 Å². The lowest BCUT2D eigenvalue weighted by atomic mass is 10.1. The van der Waals surface area contributed by atoms with Crippen LogP contribution in [0.4, 0.5) is 5.69 Å². The number of anilines is 1. The second kappa shape index (κ2) is 8.50. The van der Waals surface area contributed by atoms with Crippen LogP contribution in [0.25, 0.3) is 0 Å². The van der Waals surface area contributed by atoms with Gasteiger partial charge in [-0.25, -0.2) is 8.42 Å². The van der Waals surface area contributed by atoms with Gasteiger partial charge in [-0.3, -0.25) is 14.3 Å². The van der Waals surface area contributed by atoms with Crippen molar-refractivity contribution in [2.75, 3.05) is 37.5 Å². The Bertz CT molecular complexity index is 712. The molecule has 1 aromatic carbocycles. The number of hydrogen-bond donors (Lipinski definition) is 2. The number of nitrogens with one attached hydrogen (secondary N) is 1. The second-order valence-electron chi connectivity index (χ2n) is 6.42. The van der Waals surface area contributed by atoms with Gasteiger partial charge in [0.2, 0.25) is 10.9 Å². The number of carbonyl (C=O) groups excluding carboxylic acids is 2. The highest BCUT2D eigenvalue weighted by Crippen LogP contribution is 2.17. The molecule has 1 unspecified atom stereocenters. The Kier molecular flexibility index (Phi) is 6.10. The fourth-order valence-corrected chi connectivity index (χ4v) is 3.60. The van der Waals surface area contributed by atoms with E-state index in [9.17, 15) is 18.0 Å². The van der Waals surface area contributed by atoms with Crippen molar-refractivity contribution in [3.8, 4) is 0 Å². The molecule has 2 fully saturated rings. The summed E-state index contributed by atoms with van der Waals surface area (Å²) in [5, 5.41) is 0. The molecule has 0 aromatic heterocycles. The zero-order valence-electron chi connectivity index (χ0n) is 14.4. The predicted octanol–water partition coefficient (Wildman–Crippen LogP) is 0.478. The van der Waals surface area contributed by atoms with E-state index in [2.05, 4.69) is 4.72 Å². The average Bonchev–Trinajstić information content (AvgIpc) is 2.68. The van der Waals surface area contributed by atoms with Crippen molar-refractivity contribution in [1.82, 2.24) is 9.80 Å². The lowest BCUT2D eigenvalue weighted by Crippen LogP contribution is -2.53. The minimum absolute atomic E-state index is 0.0268. The summed E-state index contributed by atoms with van der Waals surface area (Å²) >= 11 is 0. The van der Waals surface area contributed by atoms with Gasteiger partial charge in [0, 0.05) is 44.0 Å². The number of ether oxygens (including phenoxy) is 1. The van der Waals surface area contributed by atoms with Crippen LogP contribution in [0.5, 0.6) is 0 Å². The van der Waals surface area contributed by atoms with Gasteiger partial charge < -0.3 is 14.5 Å². The highest BCUT2D eigenvalue weighted by molar-refractivity contribution is 7.73. The number of carbonyl (C=O) groups is 2. The Morgan fingerprint density at radius 3 is 2.23 bits per heavy atom. The molecule has 142 valence electrons. The third kappa shape index (κ3) is 4.53. The molecule has 1 atom stereocenters. The van der Waals surface area contributed by atoms with Crippen molar-refractivity contribution in [2.45, 2.75) is 25.4 Å². The van der Waals surface area contributed by atoms with Crippen molar-refractivity contribution in [3.05, 3.63) is 29.8 Å². The van der Waals surface area contributed by atoms with Gasteiger partial charge in [0.15, 0.2) is 0 Å². The predicted molar refractivity (Wildman–Crippen MR) is 96.5 cm³/mol. The van der Waals surface area contributed by atoms with E-state index < -0.39 is 10.9 Å². The molecule has 2 amide bonds. The normalized spacial score (nSPS) is 20.9. The lowest BCUT2D eigenvalue weighted by molar-refractivity contribution is -0.147. The number of nitrogens with zero attached hydrogens (tertiary/aromatic N) is 2. The molecule has 0 spiro atoms. The topological polar surface area (TPSA) is 96.0 Å². The van der Waals surface area contributed by atoms with Gasteiger partial charge in [-0.15, -0.1) is 0 Å². The number of rotatable bonds is 4. The number of piperazine rings is 1. The van der Waals surface area contributed by atoms with Gasteiger partial charge in [-0.2, -0.15) is 0 Å². The summed E-state index contributed by atoms with van der Waals surface area (Å²) in [4.78, 5) is 28.5. The first-order valence-corrected chi connectivity index (χ1v) is 9.93. The minimum Gasteiger partial charge on any atom is -0.368 e. The van der Waals surface area contributed by atoms with E-state index >= 15 is 0 Å². The molecule has 0 aliphatic carbocycles. The molecule has 9 heteroatoms. The van der Waals surface area contributed by atoms with Crippen LogP contribution in [0.3, 0.4) is 0 Å². The molecular formula is C17H23N3O5S. The molecule has 1 N–H and O–H groups in total. The van der Waals surface area contributed by atoms with E-state index in [1.165, 1.54) is 0 Å². The average molecular weight is 381 g/mol. The third-order valence-electron chi connectivity index (χ3n) is 4.69. The fourth-order valence-electron chi connectivity index (χ4n) is 3.24. The molecule has 0 bridgehead atoms. The lowest BCUT2D eigenvalue weighted by Gasteiger charge is -2.37. The maximum atomic E-state index is 12.6. The molecule has 0 radical (unpaired) electrons. The minimum atomic E-state index is -2.72. The zero-order chi connectivity index (χ0) is 18.5. The van der Waals surface area contributed by atoms with Crippen molar-refractivity contribution in [2.24, 2.45) is 0 Å². The van der Waals surface area contributed by atoms with Crippen molar-refractivity contribution in [1.29, 1.82) is 0 Å². The first-order valence-electron chi connectivity index (χ1n) is 8.75. The summed E-state index contributed by atoms with van der Waals surface area (Å²) in [6.45, 7) is 2.59. The van der Waals surface area contributed by atoms with Crippen LogP contribution in [-0.2, 0) is 20.4 Å². The molecule has 2 heterocycles. The Morgan fingerprint density at radius 1 is 1.00 bits per heavy atom. The smallest absolute Gasteiger partial charge is 0.253 e. The molecule has 1 aromatic rings. The SMILES string of the molecule is O=C(c1ccc(N[SH](=O)=O)cc1)N1CCN(C(=O)C2CCCCO2)CC1. The molecule has 2 aliphatic rings. The van der Waals surface area contributed by atoms with Crippen molar-refractivity contribution < 1.29 is 22.7 Å². The Balaban J connectivity index is 1.53. The second-order valence-corrected chi connectivity index (χ2v) is 7.16. The van der Waals surface area contributed by atoms with Gasteiger partial charge >= 0.3 is 0 Å². The first-order chi connectivity index (χ1) is 12.5. The number of thiol groups is 1. The van der Waals surface area contributed by atoms with Gasteiger partial charge in [0.25, 0.3) is 11.8 Å². The standard InChI is InChI=1S/C17H23N3O5S/c21-16(13-4-6-14(7-5-13)18-26(23)24)19-8-10-20(11-9-19)17(22)15-3-1-2-12-25-15/h4-7,15,26H,1-3,8-12H2,(H,18,23,24). The molecule has 2 aliphatic heterocycles. The van der Waals surface area contributed by atoms with Gasteiger partial charge in [0.1, 0.15) is 6.10 Å². The molecule has 8 nitrogen and oxygen atoms in total. The molecule has 26 heavy (non-hydrogen) atoms. The molecule has 0 saturated carbocycles. The summed E-state index contributed by atoms with van der Waals surface area (Å²) in [6.07, 6.45) is 2.46. The summed E-state index contributed by atoms with van der Waals surface area (Å²) in [5.74, 6) is -0.0944. The number of benzene rings is 1. The third-order valence-corrected chi connectivity index (χ3v) is 5.13. The van der Waals surface area contributed by atoms with Crippen LogP contribution in [0.1, 0.15) is 29.6 Å². The monoisotopic (exact) mass is 381 g/mol. The van der Waals surface area contributed by atoms with Crippen LogP contribution in [0.2, 0.25) is 0 Å². The highest BCUT2D eigenvalue weighted by Gasteiger charge is 2.30. The van der Waals surface area contributed by atoms with Crippen LogP contribution in [0.15, 0.2) is 24.3 Å². The Morgan fingerprint density at radius 2 is 1.65 bits per heavy atom. The zero-order valence-corrected chi connectivity index (χ0v) is 15.3. The summed E-state index contributed by atoms with van der Waals surface area (Å²) in [6, 6.07) is 6.30. The van der Waals surface area contributed by atoms with Crippen LogP contribution < -0.4 is 4.72 Å². The summed E-state index contributed by atoms with van der Waals surface area (Å²) in [5.41, 5.74) is 0.910. The number of amides is 2. The van der Waals surface area contributed by atoms with E-state index in [0.717, 1.165) is 19.3 Å². The molecular weight excluding hydrogens is 358 g/mol. The number of hydrogen-bond acceptors (Lipinski definition) is 5. The molecule has 3 rings (SSSR count). The van der Waals surface area contributed by atoms with Crippen LogP contribution >= 0.6 is 0 Å². The fraction of sp³-hybridized carbons (Fsp3) is 0.529. The van der Waals surface area contributed by atoms with Gasteiger partial charge in [-0.05, 0) is 43.5 Å². The molecule has 2 saturated heterocycles. The van der Waals surface area contributed by atoms with Crippen molar-refractivity contribution >= 4 is 28.4 Å². The van der Waals surface area contributed by atoms with E-state index in [1.54, 1.807) is 34.1 Å². The van der Waals surface area contributed by atoms with E-state index in [-0.39, 0.29) is 17.9 Å². The van der Waals surface area contributed by atoms with E-state index in [1.807, 2.05) is 0 Å². The largest absolute Gasteiger partial charge is 0.368 e. The van der Waals surface area contributed by atoms with Crippen molar-refractivity contribution in [3.63, 3.8) is 0 Å². The summed E-state index contributed by atoms with van der Waals surface area (Å²) < 4.78 is 29.1. The highest BCUT2D eigenvalue weighted by atomic mass is 32.2. The summed E-state index contributed by atoms with van der Waals surface area (Å²) in [7, 11) is -2.72. The van der Waals surface area contributed by atoms with E-state index in [0.29, 0.717) is 44.0 Å². The van der Waals surface area contributed by atoms with Gasteiger partial charge in [-0.1, -0.05) is 0 Å².